The van der Waals surface area contributed by atoms with E-state index in [9.17, 15) is 13.0 Å². The Morgan fingerprint density at radius 3 is 2.52 bits per heavy atom. The van der Waals surface area contributed by atoms with Gasteiger partial charge in [-0.1, -0.05) is 78.6 Å². The summed E-state index contributed by atoms with van der Waals surface area (Å²) in [5.74, 6) is 0.341. The smallest absolute Gasteiger partial charge is 0.263 e. The van der Waals surface area contributed by atoms with Crippen LogP contribution < -0.4 is 14.2 Å². The number of hydrogen-bond acceptors (Lipinski definition) is 7. The van der Waals surface area contributed by atoms with E-state index in [1.54, 1.807) is 30.2 Å². The number of hydrogen-bond donors (Lipinski definition) is 0. The van der Waals surface area contributed by atoms with Gasteiger partial charge in [-0.25, -0.2) is 8.42 Å². The van der Waals surface area contributed by atoms with Crippen molar-refractivity contribution < 1.29 is 22.3 Å². The molecule has 6 nitrogen and oxygen atoms in total. The second kappa shape index (κ2) is 13.3. The average molecular weight is 619 g/mol. The van der Waals surface area contributed by atoms with Gasteiger partial charge >= 0.3 is 0 Å². The number of rotatable bonds is 11. The third-order valence-electron chi connectivity index (χ3n) is 7.08. The van der Waals surface area contributed by atoms with Gasteiger partial charge in [-0.2, -0.15) is 4.57 Å². The van der Waals surface area contributed by atoms with Gasteiger partial charge < -0.3 is 14.2 Å². The molecule has 0 aliphatic carbocycles. The molecule has 4 aromatic rings. The lowest BCUT2D eigenvalue weighted by molar-refractivity contribution is -0.668. The van der Waals surface area contributed by atoms with E-state index in [4.69, 9.17) is 4.74 Å². The van der Waals surface area contributed by atoms with Gasteiger partial charge in [0.25, 0.3) is 5.01 Å². The SMILES string of the molecule is CCC(=Cc1sc2ccc(OC)cc2[n+]1CCCS(=O)(=O)[O-])C=C1Sc2ccc(C=Cc3ccccc3)cc2N1CC. The number of thioether (sulfide) groups is 1. The molecule has 9 heteroatoms. The largest absolute Gasteiger partial charge is 0.748 e. The molecule has 1 aromatic heterocycles. The molecule has 0 N–H and O–H groups in total. The summed E-state index contributed by atoms with van der Waals surface area (Å²) in [6.07, 6.45) is 9.80. The van der Waals surface area contributed by atoms with Gasteiger partial charge in [-0.3, -0.25) is 0 Å². The highest BCUT2D eigenvalue weighted by Gasteiger charge is 2.25. The highest BCUT2D eigenvalue weighted by atomic mass is 32.2. The number of benzene rings is 3. The summed E-state index contributed by atoms with van der Waals surface area (Å²) in [4.78, 5) is 3.59. The summed E-state index contributed by atoms with van der Waals surface area (Å²) in [6.45, 7) is 5.58. The van der Waals surface area contributed by atoms with Crippen LogP contribution in [0.5, 0.6) is 5.75 Å². The van der Waals surface area contributed by atoms with Gasteiger partial charge in [0, 0.05) is 29.7 Å². The molecule has 0 amide bonds. The minimum atomic E-state index is -4.28. The average Bonchev–Trinajstić information content (AvgIpc) is 3.51. The van der Waals surface area contributed by atoms with Crippen molar-refractivity contribution in [3.05, 3.63) is 99.5 Å². The Hall–Kier alpha value is -3.37. The second-order valence-corrected chi connectivity index (χ2v) is 13.6. The second-order valence-electron chi connectivity index (χ2n) is 9.91. The van der Waals surface area contributed by atoms with Crippen LogP contribution in [0.25, 0.3) is 28.4 Å². The minimum Gasteiger partial charge on any atom is -0.748 e. The Kier molecular flexibility index (Phi) is 9.53. The van der Waals surface area contributed by atoms with E-state index in [0.29, 0.717) is 6.54 Å². The lowest BCUT2D eigenvalue weighted by Gasteiger charge is -2.18. The van der Waals surface area contributed by atoms with Crippen LogP contribution in [0.1, 0.15) is 42.8 Å². The molecule has 0 unspecified atom stereocenters. The Balaban J connectivity index is 1.46. The fourth-order valence-corrected chi connectivity index (χ4v) is 7.73. The number of ether oxygens (including phenoxy) is 1. The lowest BCUT2D eigenvalue weighted by Crippen LogP contribution is -2.36. The monoisotopic (exact) mass is 618 g/mol. The van der Waals surface area contributed by atoms with Crippen molar-refractivity contribution in [2.45, 2.75) is 38.1 Å². The van der Waals surface area contributed by atoms with E-state index in [-0.39, 0.29) is 6.42 Å². The van der Waals surface area contributed by atoms with Crippen LogP contribution in [-0.4, -0.2) is 32.4 Å². The Morgan fingerprint density at radius 1 is 1.02 bits per heavy atom. The van der Waals surface area contributed by atoms with Gasteiger partial charge in [0.1, 0.15) is 10.4 Å². The highest BCUT2D eigenvalue weighted by molar-refractivity contribution is 8.03. The zero-order chi connectivity index (χ0) is 29.7. The van der Waals surface area contributed by atoms with E-state index in [2.05, 4.69) is 78.0 Å². The number of aryl methyl sites for hydroxylation is 1. The van der Waals surface area contributed by atoms with E-state index < -0.39 is 15.9 Å². The van der Waals surface area contributed by atoms with E-state index >= 15 is 0 Å². The van der Waals surface area contributed by atoms with Crippen molar-refractivity contribution in [2.24, 2.45) is 0 Å². The fraction of sp³-hybridized carbons (Fsp3) is 0.242. The third-order valence-corrected chi connectivity index (χ3v) is 10.1. The molecule has 0 atom stereocenters. The zero-order valence-corrected chi connectivity index (χ0v) is 26.4. The maximum absolute atomic E-state index is 11.3. The molecule has 0 spiro atoms. The summed E-state index contributed by atoms with van der Waals surface area (Å²) >= 11 is 3.43. The molecule has 218 valence electrons. The highest BCUT2D eigenvalue weighted by Crippen LogP contribution is 2.47. The van der Waals surface area contributed by atoms with Gasteiger partial charge in [-0.05, 0) is 60.4 Å². The van der Waals surface area contributed by atoms with Crippen LogP contribution in [0, 0.1) is 0 Å². The molecule has 0 radical (unpaired) electrons. The topological polar surface area (TPSA) is 73.5 Å². The van der Waals surface area contributed by atoms with Gasteiger partial charge in [0.15, 0.2) is 6.54 Å². The molecule has 0 saturated heterocycles. The van der Waals surface area contributed by atoms with Crippen molar-refractivity contribution in [1.29, 1.82) is 0 Å². The molecular formula is C33H34N2O4S3. The molecular weight excluding hydrogens is 585 g/mol. The first-order valence-electron chi connectivity index (χ1n) is 14.0. The van der Waals surface area contributed by atoms with Gasteiger partial charge in [0.2, 0.25) is 5.52 Å². The molecule has 2 heterocycles. The first-order chi connectivity index (χ1) is 20.3. The molecule has 1 aliphatic rings. The maximum Gasteiger partial charge on any atom is 0.263 e. The van der Waals surface area contributed by atoms with Crippen molar-refractivity contribution in [2.75, 3.05) is 24.3 Å². The van der Waals surface area contributed by atoms with Crippen molar-refractivity contribution in [3.63, 3.8) is 0 Å². The third kappa shape index (κ3) is 7.15. The molecule has 42 heavy (non-hydrogen) atoms. The van der Waals surface area contributed by atoms with Crippen LogP contribution in [0.3, 0.4) is 0 Å². The molecule has 1 aliphatic heterocycles. The zero-order valence-electron chi connectivity index (χ0n) is 23.9. The van der Waals surface area contributed by atoms with Gasteiger partial charge in [0.05, 0.1) is 34.0 Å². The number of anilines is 1. The van der Waals surface area contributed by atoms with Gasteiger partial charge in [-0.15, -0.1) is 0 Å². The van der Waals surface area contributed by atoms with Crippen LogP contribution in [0.4, 0.5) is 5.69 Å². The quantitative estimate of drug-likeness (QED) is 0.0981. The number of thiazole rings is 1. The number of methoxy groups -OCH3 is 1. The normalized spacial score (nSPS) is 14.8. The maximum atomic E-state index is 11.3. The van der Waals surface area contributed by atoms with E-state index in [1.165, 1.54) is 21.2 Å². The first-order valence-corrected chi connectivity index (χ1v) is 17.2. The van der Waals surface area contributed by atoms with Crippen LogP contribution >= 0.6 is 23.1 Å². The van der Waals surface area contributed by atoms with E-state index in [0.717, 1.165) is 45.1 Å². The summed E-state index contributed by atoms with van der Waals surface area (Å²) < 4.78 is 42.5. The summed E-state index contributed by atoms with van der Waals surface area (Å²) in [5, 5.41) is 2.18. The summed E-state index contributed by atoms with van der Waals surface area (Å²) in [6, 6.07) is 22.8. The molecule has 0 bridgehead atoms. The number of fused-ring (bicyclic) bond motifs is 2. The predicted octanol–water partition coefficient (Wildman–Crippen LogP) is 7.57. The number of nitrogens with zero attached hydrogens (tertiary/aromatic N) is 2. The molecule has 0 saturated carbocycles. The van der Waals surface area contributed by atoms with Crippen molar-refractivity contribution in [3.8, 4) is 5.75 Å². The van der Waals surface area contributed by atoms with E-state index in [1.807, 2.05) is 36.4 Å². The minimum absolute atomic E-state index is 0.249. The van der Waals surface area contributed by atoms with Crippen LogP contribution in [0.2, 0.25) is 0 Å². The Bertz CT molecular complexity index is 1770. The van der Waals surface area contributed by atoms with Crippen molar-refractivity contribution >= 4 is 67.3 Å². The lowest BCUT2D eigenvalue weighted by atomic mass is 10.1. The standard InChI is InChI=1S/C33H34N2O4S3/c1-4-24(22-33-35(18-9-19-42(36,37)38)29-23-27(39-3)15-17-31(29)41-33)21-32-34(5-2)28-20-26(14-16-30(28)40-32)13-12-25-10-7-6-8-11-25/h6-8,10-17,20-23H,4-5,9,18-19H2,1-3H3. The van der Waals surface area contributed by atoms with Crippen LogP contribution in [-0.2, 0) is 16.7 Å². The number of allylic oxidation sites excluding steroid dienone is 2. The Labute approximate surface area is 256 Å². The number of aromatic nitrogens is 1. The summed E-state index contributed by atoms with van der Waals surface area (Å²) in [7, 11) is -2.65. The molecule has 3 aromatic carbocycles. The van der Waals surface area contributed by atoms with Crippen molar-refractivity contribution in [1.82, 2.24) is 0 Å². The molecule has 5 rings (SSSR count). The Morgan fingerprint density at radius 2 is 1.81 bits per heavy atom. The predicted molar refractivity (Wildman–Crippen MR) is 175 cm³/mol. The van der Waals surface area contributed by atoms with Crippen LogP contribution in [0.15, 0.2) is 88.3 Å². The first kappa shape index (κ1) is 30.1. The molecule has 0 fully saturated rings. The fourth-order valence-electron chi connectivity index (χ4n) is 4.92. The summed E-state index contributed by atoms with van der Waals surface area (Å²) in [5.41, 5.74) is 5.67.